The van der Waals surface area contributed by atoms with E-state index in [0.717, 1.165) is 30.4 Å². The van der Waals surface area contributed by atoms with Crippen molar-refractivity contribution in [3.63, 3.8) is 0 Å². The molecule has 16 heavy (non-hydrogen) atoms. The second-order valence-corrected chi connectivity index (χ2v) is 4.21. The van der Waals surface area contributed by atoms with E-state index < -0.39 is 12.0 Å². The van der Waals surface area contributed by atoms with Crippen LogP contribution >= 0.6 is 0 Å². The SMILES string of the molecule is N[C@@H](Cc1cc2c(cc1F)CCC2)C(=O)O. The number of aliphatic carboxylic acids is 1. The number of halogens is 1. The third-order valence-corrected chi connectivity index (χ3v) is 3.02. The lowest BCUT2D eigenvalue weighted by Crippen LogP contribution is -2.32. The molecule has 86 valence electrons. The van der Waals surface area contributed by atoms with Crippen LogP contribution < -0.4 is 5.73 Å². The molecular formula is C12H14FNO2. The number of aryl methyl sites for hydroxylation is 2. The monoisotopic (exact) mass is 223 g/mol. The molecule has 0 saturated heterocycles. The third kappa shape index (κ3) is 2.07. The van der Waals surface area contributed by atoms with E-state index >= 15 is 0 Å². The van der Waals surface area contributed by atoms with Crippen molar-refractivity contribution in [1.29, 1.82) is 0 Å². The lowest BCUT2D eigenvalue weighted by molar-refractivity contribution is -0.138. The molecule has 0 aromatic heterocycles. The number of hydrogen-bond acceptors (Lipinski definition) is 2. The summed E-state index contributed by atoms with van der Waals surface area (Å²) in [6.07, 6.45) is 2.96. The molecule has 0 aliphatic heterocycles. The van der Waals surface area contributed by atoms with Gasteiger partial charge in [-0.15, -0.1) is 0 Å². The van der Waals surface area contributed by atoms with E-state index in [2.05, 4.69) is 0 Å². The molecule has 0 unspecified atom stereocenters. The molecule has 3 N–H and O–H groups in total. The fraction of sp³-hybridized carbons (Fsp3) is 0.417. The molecule has 0 saturated carbocycles. The average Bonchev–Trinajstić information content (AvgIpc) is 2.65. The number of fused-ring (bicyclic) bond motifs is 1. The molecule has 1 atom stereocenters. The molecule has 0 radical (unpaired) electrons. The first-order chi connectivity index (χ1) is 7.58. The van der Waals surface area contributed by atoms with Gasteiger partial charge in [-0.05, 0) is 42.0 Å². The number of carbonyl (C=O) groups is 1. The largest absolute Gasteiger partial charge is 0.480 e. The zero-order chi connectivity index (χ0) is 11.7. The molecule has 1 aliphatic rings. The number of rotatable bonds is 3. The van der Waals surface area contributed by atoms with E-state index in [1.807, 2.05) is 0 Å². The normalized spacial score (nSPS) is 15.9. The number of carboxylic acid groups (broad SMARTS) is 1. The Bertz CT molecular complexity index is 431. The van der Waals surface area contributed by atoms with Crippen LogP contribution in [0, 0.1) is 5.82 Å². The van der Waals surface area contributed by atoms with Crippen molar-refractivity contribution in [2.24, 2.45) is 5.73 Å². The van der Waals surface area contributed by atoms with Gasteiger partial charge in [0.2, 0.25) is 0 Å². The average molecular weight is 223 g/mol. The standard InChI is InChI=1S/C12H14FNO2/c13-10-5-8-3-1-2-7(8)4-9(10)6-11(14)12(15)16/h4-5,11H,1-3,6,14H2,(H,15,16)/t11-/m0/s1. The molecule has 4 heteroatoms. The van der Waals surface area contributed by atoms with Gasteiger partial charge < -0.3 is 10.8 Å². The smallest absolute Gasteiger partial charge is 0.320 e. The summed E-state index contributed by atoms with van der Waals surface area (Å²) in [6, 6.07) is 2.25. The lowest BCUT2D eigenvalue weighted by atomic mass is 10.0. The van der Waals surface area contributed by atoms with Gasteiger partial charge in [-0.3, -0.25) is 4.79 Å². The van der Waals surface area contributed by atoms with Gasteiger partial charge in [-0.2, -0.15) is 0 Å². The van der Waals surface area contributed by atoms with Crippen LogP contribution in [0.5, 0.6) is 0 Å². The van der Waals surface area contributed by atoms with Crippen LogP contribution in [0.4, 0.5) is 4.39 Å². The minimum atomic E-state index is -1.10. The second kappa shape index (κ2) is 4.22. The minimum Gasteiger partial charge on any atom is -0.480 e. The van der Waals surface area contributed by atoms with Gasteiger partial charge in [-0.1, -0.05) is 6.07 Å². The molecule has 3 nitrogen and oxygen atoms in total. The summed E-state index contributed by atoms with van der Waals surface area (Å²) in [7, 11) is 0. The summed E-state index contributed by atoms with van der Waals surface area (Å²) in [5.41, 5.74) is 7.99. The number of hydrogen-bond donors (Lipinski definition) is 2. The van der Waals surface area contributed by atoms with Gasteiger partial charge in [0.15, 0.2) is 0 Å². The van der Waals surface area contributed by atoms with Crippen molar-refractivity contribution >= 4 is 5.97 Å². The molecule has 0 fully saturated rings. The van der Waals surface area contributed by atoms with Gasteiger partial charge >= 0.3 is 5.97 Å². The van der Waals surface area contributed by atoms with E-state index in [4.69, 9.17) is 10.8 Å². The number of nitrogens with two attached hydrogens (primary N) is 1. The van der Waals surface area contributed by atoms with Crippen LogP contribution in [0.15, 0.2) is 12.1 Å². The van der Waals surface area contributed by atoms with Crippen LogP contribution in [0.1, 0.15) is 23.1 Å². The maximum absolute atomic E-state index is 13.6. The Labute approximate surface area is 93.1 Å². The third-order valence-electron chi connectivity index (χ3n) is 3.02. The highest BCUT2D eigenvalue weighted by Crippen LogP contribution is 2.25. The number of benzene rings is 1. The van der Waals surface area contributed by atoms with Crippen molar-refractivity contribution < 1.29 is 14.3 Å². The fourth-order valence-corrected chi connectivity index (χ4v) is 2.13. The van der Waals surface area contributed by atoms with E-state index in [1.165, 1.54) is 6.07 Å². The van der Waals surface area contributed by atoms with Gasteiger partial charge in [0.05, 0.1) is 0 Å². The predicted molar refractivity (Wildman–Crippen MR) is 57.7 cm³/mol. The highest BCUT2D eigenvalue weighted by molar-refractivity contribution is 5.73. The minimum absolute atomic E-state index is 0.0500. The molecule has 2 rings (SSSR count). The van der Waals surface area contributed by atoms with Crippen LogP contribution in [0.2, 0.25) is 0 Å². The predicted octanol–water partition coefficient (Wildman–Crippen LogP) is 1.27. The zero-order valence-electron chi connectivity index (χ0n) is 8.87. The summed E-state index contributed by atoms with van der Waals surface area (Å²) in [6.45, 7) is 0. The Hall–Kier alpha value is -1.42. The molecule has 0 spiro atoms. The van der Waals surface area contributed by atoms with Crippen LogP contribution in [0.25, 0.3) is 0 Å². The van der Waals surface area contributed by atoms with E-state index in [9.17, 15) is 9.18 Å². The molecule has 0 bridgehead atoms. The Balaban J connectivity index is 2.25. The second-order valence-electron chi connectivity index (χ2n) is 4.21. The Morgan fingerprint density at radius 3 is 2.69 bits per heavy atom. The lowest BCUT2D eigenvalue weighted by Gasteiger charge is -2.09. The molecule has 1 aromatic carbocycles. The van der Waals surface area contributed by atoms with Crippen LogP contribution in [-0.4, -0.2) is 17.1 Å². The first-order valence-electron chi connectivity index (χ1n) is 5.36. The Morgan fingerprint density at radius 2 is 2.06 bits per heavy atom. The van der Waals surface area contributed by atoms with Crippen molar-refractivity contribution in [2.45, 2.75) is 31.7 Å². The summed E-state index contributed by atoms with van der Waals surface area (Å²) >= 11 is 0. The summed E-state index contributed by atoms with van der Waals surface area (Å²) in [4.78, 5) is 10.6. The van der Waals surface area contributed by atoms with Gasteiger partial charge in [0.25, 0.3) is 0 Å². The highest BCUT2D eigenvalue weighted by Gasteiger charge is 2.18. The molecular weight excluding hydrogens is 209 g/mol. The van der Waals surface area contributed by atoms with E-state index in [1.54, 1.807) is 6.07 Å². The fourth-order valence-electron chi connectivity index (χ4n) is 2.13. The maximum Gasteiger partial charge on any atom is 0.320 e. The zero-order valence-corrected chi connectivity index (χ0v) is 8.87. The van der Waals surface area contributed by atoms with Crippen LogP contribution in [0.3, 0.4) is 0 Å². The Kier molecular flexibility index (Phi) is 2.92. The summed E-state index contributed by atoms with van der Waals surface area (Å²) in [5.74, 6) is -1.43. The van der Waals surface area contributed by atoms with Crippen LogP contribution in [-0.2, 0) is 24.1 Å². The topological polar surface area (TPSA) is 63.3 Å². The molecule has 0 amide bonds. The highest BCUT2D eigenvalue weighted by atomic mass is 19.1. The van der Waals surface area contributed by atoms with Crippen molar-refractivity contribution in [1.82, 2.24) is 0 Å². The van der Waals surface area contributed by atoms with Crippen molar-refractivity contribution in [3.05, 3.63) is 34.6 Å². The quantitative estimate of drug-likeness (QED) is 0.811. The summed E-state index contributed by atoms with van der Waals surface area (Å²) in [5, 5.41) is 8.68. The van der Waals surface area contributed by atoms with E-state index in [0.29, 0.717) is 5.56 Å². The van der Waals surface area contributed by atoms with Gasteiger partial charge in [0.1, 0.15) is 11.9 Å². The van der Waals surface area contributed by atoms with Gasteiger partial charge in [0, 0.05) is 6.42 Å². The van der Waals surface area contributed by atoms with Gasteiger partial charge in [-0.25, -0.2) is 4.39 Å². The first-order valence-corrected chi connectivity index (χ1v) is 5.36. The Morgan fingerprint density at radius 1 is 1.44 bits per heavy atom. The molecule has 1 aromatic rings. The maximum atomic E-state index is 13.6. The number of carboxylic acids is 1. The van der Waals surface area contributed by atoms with Crippen molar-refractivity contribution in [3.8, 4) is 0 Å². The molecule has 1 aliphatic carbocycles. The van der Waals surface area contributed by atoms with E-state index in [-0.39, 0.29) is 12.2 Å². The van der Waals surface area contributed by atoms with Crippen molar-refractivity contribution in [2.75, 3.05) is 0 Å². The molecule has 0 heterocycles. The first kappa shape index (κ1) is 11.1. The summed E-state index contributed by atoms with van der Waals surface area (Å²) < 4.78 is 13.6.